The Morgan fingerprint density at radius 1 is 1.43 bits per heavy atom. The van der Waals surface area contributed by atoms with Crippen molar-refractivity contribution in [3.05, 3.63) is 29.6 Å². The second-order valence-corrected chi connectivity index (χ2v) is 6.51. The molecule has 1 atom stereocenters. The number of nitrogens with zero attached hydrogens (tertiary/aromatic N) is 3. The molecule has 0 radical (unpaired) electrons. The Morgan fingerprint density at radius 2 is 2.29 bits per heavy atom. The number of likely N-dealkylation sites (tertiary alicyclic amines) is 1. The van der Waals surface area contributed by atoms with E-state index in [1.807, 2.05) is 0 Å². The molecule has 0 unspecified atom stereocenters. The fraction of sp³-hybridized carbons (Fsp3) is 0.588. The molecule has 1 aromatic heterocycles. The van der Waals surface area contributed by atoms with Crippen molar-refractivity contribution >= 4 is 11.0 Å². The van der Waals surface area contributed by atoms with Gasteiger partial charge in [-0.1, -0.05) is 6.07 Å². The standard InChI is InChI=1S/C17H26N4/c1-13-6-7-15-16(11-13)19-17(18-15)12-20(2)10-8-14-5-4-9-21(14)3/h6-7,11,14H,4-5,8-10,12H2,1-3H3,(H,18,19)/t14-/m1/s1. The normalized spacial score (nSPS) is 19.9. The number of aromatic amines is 1. The number of benzene rings is 1. The zero-order valence-electron chi connectivity index (χ0n) is 13.4. The number of aromatic nitrogens is 2. The zero-order valence-corrected chi connectivity index (χ0v) is 13.4. The fourth-order valence-corrected chi connectivity index (χ4v) is 3.30. The molecule has 0 bridgehead atoms. The van der Waals surface area contributed by atoms with Crippen molar-refractivity contribution in [2.45, 2.75) is 38.8 Å². The Bertz CT molecular complexity index is 604. The molecule has 21 heavy (non-hydrogen) atoms. The molecule has 3 rings (SSSR count). The van der Waals surface area contributed by atoms with Crippen LogP contribution in [0.15, 0.2) is 18.2 Å². The smallest absolute Gasteiger partial charge is 0.121 e. The molecular weight excluding hydrogens is 260 g/mol. The van der Waals surface area contributed by atoms with Crippen molar-refractivity contribution in [2.75, 3.05) is 27.2 Å². The van der Waals surface area contributed by atoms with Gasteiger partial charge in [0.2, 0.25) is 0 Å². The number of H-pyrrole nitrogens is 1. The van der Waals surface area contributed by atoms with Gasteiger partial charge in [-0.2, -0.15) is 0 Å². The quantitative estimate of drug-likeness (QED) is 0.918. The first-order chi connectivity index (χ1) is 10.1. The SMILES string of the molecule is Cc1ccc2nc(CN(C)CC[C@H]3CCCN3C)[nH]c2c1. The number of hydrogen-bond acceptors (Lipinski definition) is 3. The first kappa shape index (κ1) is 14.5. The van der Waals surface area contributed by atoms with Crippen LogP contribution in [-0.2, 0) is 6.54 Å². The van der Waals surface area contributed by atoms with E-state index in [0.717, 1.165) is 36.0 Å². The van der Waals surface area contributed by atoms with Gasteiger partial charge in [0.05, 0.1) is 17.6 Å². The van der Waals surface area contributed by atoms with Crippen molar-refractivity contribution in [3.63, 3.8) is 0 Å². The molecule has 1 fully saturated rings. The third kappa shape index (κ3) is 3.44. The van der Waals surface area contributed by atoms with Gasteiger partial charge in [-0.15, -0.1) is 0 Å². The summed E-state index contributed by atoms with van der Waals surface area (Å²) in [7, 11) is 4.44. The summed E-state index contributed by atoms with van der Waals surface area (Å²) in [4.78, 5) is 13.0. The number of hydrogen-bond donors (Lipinski definition) is 1. The van der Waals surface area contributed by atoms with E-state index in [-0.39, 0.29) is 0 Å². The molecule has 1 aliphatic rings. The van der Waals surface area contributed by atoms with Gasteiger partial charge >= 0.3 is 0 Å². The molecule has 2 heterocycles. The molecule has 4 heteroatoms. The van der Waals surface area contributed by atoms with Crippen LogP contribution in [0.1, 0.15) is 30.7 Å². The predicted molar refractivity (Wildman–Crippen MR) is 87.4 cm³/mol. The topological polar surface area (TPSA) is 35.2 Å². The summed E-state index contributed by atoms with van der Waals surface area (Å²) in [6.07, 6.45) is 3.97. The average molecular weight is 286 g/mol. The molecule has 1 saturated heterocycles. The monoisotopic (exact) mass is 286 g/mol. The van der Waals surface area contributed by atoms with E-state index in [4.69, 9.17) is 0 Å². The van der Waals surface area contributed by atoms with Gasteiger partial charge < -0.3 is 9.88 Å². The van der Waals surface area contributed by atoms with Crippen LogP contribution in [-0.4, -0.2) is 53.0 Å². The molecule has 0 aliphatic carbocycles. The van der Waals surface area contributed by atoms with Crippen molar-refractivity contribution in [2.24, 2.45) is 0 Å². The summed E-state index contributed by atoms with van der Waals surface area (Å²) < 4.78 is 0. The average Bonchev–Trinajstić information content (AvgIpc) is 3.01. The number of nitrogens with one attached hydrogen (secondary N) is 1. The van der Waals surface area contributed by atoms with Crippen LogP contribution in [0.2, 0.25) is 0 Å². The van der Waals surface area contributed by atoms with Crippen molar-refractivity contribution < 1.29 is 0 Å². The summed E-state index contributed by atoms with van der Waals surface area (Å²) >= 11 is 0. The molecule has 1 aliphatic heterocycles. The van der Waals surface area contributed by atoms with Crippen LogP contribution in [0.25, 0.3) is 11.0 Å². The number of rotatable bonds is 5. The molecule has 4 nitrogen and oxygen atoms in total. The lowest BCUT2D eigenvalue weighted by Crippen LogP contribution is -2.30. The lowest BCUT2D eigenvalue weighted by molar-refractivity contribution is 0.243. The Labute approximate surface area is 127 Å². The van der Waals surface area contributed by atoms with Gasteiger partial charge in [0, 0.05) is 6.04 Å². The van der Waals surface area contributed by atoms with Gasteiger partial charge in [-0.25, -0.2) is 4.98 Å². The van der Waals surface area contributed by atoms with E-state index in [9.17, 15) is 0 Å². The van der Waals surface area contributed by atoms with E-state index in [1.54, 1.807) is 0 Å². The maximum absolute atomic E-state index is 4.68. The minimum absolute atomic E-state index is 0.769. The number of imidazole rings is 1. The molecular formula is C17H26N4. The lowest BCUT2D eigenvalue weighted by atomic mass is 10.1. The van der Waals surface area contributed by atoms with Gasteiger partial charge in [-0.05, 0) is 71.1 Å². The summed E-state index contributed by atoms with van der Waals surface area (Å²) in [5, 5.41) is 0. The highest BCUT2D eigenvalue weighted by molar-refractivity contribution is 5.75. The van der Waals surface area contributed by atoms with Crippen LogP contribution in [0.5, 0.6) is 0 Å². The molecule has 0 spiro atoms. The summed E-state index contributed by atoms with van der Waals surface area (Å²) in [6.45, 7) is 5.40. The molecule has 1 N–H and O–H groups in total. The Hall–Kier alpha value is -1.39. The van der Waals surface area contributed by atoms with E-state index in [0.29, 0.717) is 0 Å². The van der Waals surface area contributed by atoms with E-state index < -0.39 is 0 Å². The van der Waals surface area contributed by atoms with Gasteiger partial charge in [0.25, 0.3) is 0 Å². The molecule has 2 aromatic rings. The number of aryl methyl sites for hydroxylation is 1. The van der Waals surface area contributed by atoms with Crippen LogP contribution in [0.3, 0.4) is 0 Å². The predicted octanol–water partition coefficient (Wildman–Crippen LogP) is 2.79. The summed E-state index contributed by atoms with van der Waals surface area (Å²) in [5.41, 5.74) is 3.49. The largest absolute Gasteiger partial charge is 0.341 e. The highest BCUT2D eigenvalue weighted by Gasteiger charge is 2.20. The van der Waals surface area contributed by atoms with Gasteiger partial charge in [0.1, 0.15) is 5.82 Å². The van der Waals surface area contributed by atoms with E-state index in [1.165, 1.54) is 31.4 Å². The summed E-state index contributed by atoms with van der Waals surface area (Å²) in [5.74, 6) is 1.07. The minimum Gasteiger partial charge on any atom is -0.341 e. The van der Waals surface area contributed by atoms with E-state index >= 15 is 0 Å². The molecule has 1 aromatic carbocycles. The Kier molecular flexibility index (Phi) is 4.27. The Morgan fingerprint density at radius 3 is 3.05 bits per heavy atom. The van der Waals surface area contributed by atoms with Gasteiger partial charge in [0.15, 0.2) is 0 Å². The van der Waals surface area contributed by atoms with Crippen LogP contribution < -0.4 is 0 Å². The Balaban J connectivity index is 1.56. The molecule has 0 saturated carbocycles. The first-order valence-corrected chi connectivity index (χ1v) is 7.96. The van der Waals surface area contributed by atoms with Crippen molar-refractivity contribution in [3.8, 4) is 0 Å². The van der Waals surface area contributed by atoms with Gasteiger partial charge in [-0.3, -0.25) is 4.90 Å². The molecule has 114 valence electrons. The third-order valence-electron chi connectivity index (χ3n) is 4.62. The fourth-order valence-electron chi connectivity index (χ4n) is 3.30. The minimum atomic E-state index is 0.769. The lowest BCUT2D eigenvalue weighted by Gasteiger charge is -2.22. The zero-order chi connectivity index (χ0) is 14.8. The maximum Gasteiger partial charge on any atom is 0.121 e. The molecule has 0 amide bonds. The van der Waals surface area contributed by atoms with Crippen molar-refractivity contribution in [1.82, 2.24) is 19.8 Å². The highest BCUT2D eigenvalue weighted by atomic mass is 15.2. The first-order valence-electron chi connectivity index (χ1n) is 7.96. The number of fused-ring (bicyclic) bond motifs is 1. The maximum atomic E-state index is 4.68. The van der Waals surface area contributed by atoms with Crippen LogP contribution in [0.4, 0.5) is 0 Å². The summed E-state index contributed by atoms with van der Waals surface area (Å²) in [6, 6.07) is 7.15. The highest BCUT2D eigenvalue weighted by Crippen LogP contribution is 2.18. The van der Waals surface area contributed by atoms with E-state index in [2.05, 4.69) is 59.0 Å². The second kappa shape index (κ2) is 6.16. The van der Waals surface area contributed by atoms with Crippen molar-refractivity contribution in [1.29, 1.82) is 0 Å². The second-order valence-electron chi connectivity index (χ2n) is 6.51. The van der Waals surface area contributed by atoms with Crippen LogP contribution >= 0.6 is 0 Å². The third-order valence-corrected chi connectivity index (χ3v) is 4.62. The van der Waals surface area contributed by atoms with Crippen LogP contribution in [0, 0.1) is 6.92 Å².